The minimum absolute atomic E-state index is 0.328. The molecule has 0 saturated carbocycles. The zero-order valence-electron chi connectivity index (χ0n) is 12.3. The first-order valence-corrected chi connectivity index (χ1v) is 9.25. The summed E-state index contributed by atoms with van der Waals surface area (Å²) < 4.78 is 23.8. The van der Waals surface area contributed by atoms with Gasteiger partial charge in [-0.2, -0.15) is 4.67 Å². The Morgan fingerprint density at radius 2 is 1.68 bits per heavy atom. The Hall–Kier alpha value is -1.77. The molecule has 2 saturated heterocycles. The van der Waals surface area contributed by atoms with Crippen LogP contribution in [0.4, 0.5) is 5.69 Å². The molecule has 2 aromatic rings. The zero-order valence-corrected chi connectivity index (χ0v) is 13.2. The molecule has 2 aromatic carbocycles. The quantitative estimate of drug-likeness (QED) is 0.797. The smallest absolute Gasteiger partial charge is 0.418 e. The SMILES string of the molecule is O=P1(Oc2ccccc2)N(c2ccccc2)CC2CCCN21. The van der Waals surface area contributed by atoms with Crippen LogP contribution in [0.2, 0.25) is 0 Å². The van der Waals surface area contributed by atoms with Crippen molar-refractivity contribution in [1.29, 1.82) is 0 Å². The van der Waals surface area contributed by atoms with Gasteiger partial charge in [0.05, 0.1) is 0 Å². The van der Waals surface area contributed by atoms with Gasteiger partial charge in [-0.1, -0.05) is 36.4 Å². The van der Waals surface area contributed by atoms with Crippen molar-refractivity contribution in [2.75, 3.05) is 17.8 Å². The van der Waals surface area contributed by atoms with Crippen LogP contribution in [0.3, 0.4) is 0 Å². The number of hydrogen-bond donors (Lipinski definition) is 0. The van der Waals surface area contributed by atoms with E-state index in [-0.39, 0.29) is 0 Å². The standard InChI is InChI=1S/C17H19N2O2P/c20-22(21-17-11-5-2-6-12-17)18-13-7-10-16(18)14-19(22)15-8-3-1-4-9-15/h1-6,8-9,11-12,16H,7,10,13-14H2. The molecule has 2 atom stereocenters. The highest BCUT2D eigenvalue weighted by Crippen LogP contribution is 2.62. The Kier molecular flexibility index (Phi) is 3.44. The first-order valence-electron chi connectivity index (χ1n) is 7.72. The van der Waals surface area contributed by atoms with Gasteiger partial charge in [0.25, 0.3) is 0 Å². The normalized spacial score (nSPS) is 27.8. The van der Waals surface area contributed by atoms with Crippen molar-refractivity contribution in [2.24, 2.45) is 0 Å². The van der Waals surface area contributed by atoms with Crippen LogP contribution in [0.1, 0.15) is 12.8 Å². The van der Waals surface area contributed by atoms with E-state index in [0.717, 1.165) is 31.6 Å². The van der Waals surface area contributed by atoms with Crippen molar-refractivity contribution in [2.45, 2.75) is 18.9 Å². The van der Waals surface area contributed by atoms with Crippen LogP contribution < -0.4 is 9.19 Å². The Balaban J connectivity index is 1.73. The summed E-state index contributed by atoms with van der Waals surface area (Å²) in [7, 11) is -3.06. The second kappa shape index (κ2) is 5.45. The van der Waals surface area contributed by atoms with Crippen LogP contribution >= 0.6 is 7.67 Å². The molecule has 114 valence electrons. The molecule has 2 heterocycles. The summed E-state index contributed by atoms with van der Waals surface area (Å²) in [6.45, 7) is 1.62. The van der Waals surface area contributed by atoms with Crippen molar-refractivity contribution < 1.29 is 9.09 Å². The fraction of sp³-hybridized carbons (Fsp3) is 0.294. The Morgan fingerprint density at radius 3 is 2.41 bits per heavy atom. The summed E-state index contributed by atoms with van der Waals surface area (Å²) in [5, 5.41) is 0. The lowest BCUT2D eigenvalue weighted by Crippen LogP contribution is -2.23. The predicted octanol–water partition coefficient (Wildman–Crippen LogP) is 4.16. The van der Waals surface area contributed by atoms with Gasteiger partial charge in [0, 0.05) is 24.8 Å². The van der Waals surface area contributed by atoms with Gasteiger partial charge >= 0.3 is 7.67 Å². The van der Waals surface area contributed by atoms with E-state index in [0.29, 0.717) is 11.8 Å². The van der Waals surface area contributed by atoms with Crippen molar-refractivity contribution in [1.82, 2.24) is 4.67 Å². The summed E-state index contributed by atoms with van der Waals surface area (Å²) in [4.78, 5) is 0. The Morgan fingerprint density at radius 1 is 1.00 bits per heavy atom. The molecule has 0 aliphatic carbocycles. The van der Waals surface area contributed by atoms with E-state index in [4.69, 9.17) is 4.52 Å². The van der Waals surface area contributed by atoms with Crippen LogP contribution in [-0.4, -0.2) is 23.8 Å². The number of hydrogen-bond acceptors (Lipinski definition) is 2. The maximum absolute atomic E-state index is 13.8. The van der Waals surface area contributed by atoms with E-state index in [1.165, 1.54) is 0 Å². The van der Waals surface area contributed by atoms with Crippen molar-refractivity contribution in [3.8, 4) is 5.75 Å². The molecule has 0 bridgehead atoms. The molecule has 0 radical (unpaired) electrons. The topological polar surface area (TPSA) is 32.8 Å². The molecule has 2 fully saturated rings. The van der Waals surface area contributed by atoms with Gasteiger partial charge in [0.1, 0.15) is 5.75 Å². The fourth-order valence-corrected chi connectivity index (χ4v) is 6.04. The predicted molar refractivity (Wildman–Crippen MR) is 88.2 cm³/mol. The van der Waals surface area contributed by atoms with Gasteiger partial charge in [-0.05, 0) is 37.1 Å². The Labute approximate surface area is 130 Å². The van der Waals surface area contributed by atoms with Gasteiger partial charge in [-0.15, -0.1) is 0 Å². The molecule has 2 aliphatic heterocycles. The van der Waals surface area contributed by atoms with Crippen molar-refractivity contribution in [3.05, 3.63) is 60.7 Å². The third-order valence-corrected chi connectivity index (χ3v) is 7.01. The third-order valence-electron chi connectivity index (χ3n) is 4.38. The lowest BCUT2D eigenvalue weighted by Gasteiger charge is -2.30. The zero-order chi connectivity index (χ0) is 15.0. The molecule has 0 amide bonds. The summed E-state index contributed by atoms with van der Waals surface area (Å²) in [6.07, 6.45) is 2.18. The van der Waals surface area contributed by atoms with E-state index in [1.54, 1.807) is 0 Å². The second-order valence-electron chi connectivity index (χ2n) is 5.77. The third kappa shape index (κ3) is 2.23. The van der Waals surface area contributed by atoms with Crippen LogP contribution in [0.15, 0.2) is 60.7 Å². The number of para-hydroxylation sites is 2. The second-order valence-corrected chi connectivity index (χ2v) is 7.93. The minimum Gasteiger partial charge on any atom is -0.418 e. The number of nitrogens with zero attached hydrogens (tertiary/aromatic N) is 2. The molecule has 5 heteroatoms. The van der Waals surface area contributed by atoms with Crippen LogP contribution in [0.5, 0.6) is 5.75 Å². The molecular formula is C17H19N2O2P. The van der Waals surface area contributed by atoms with Gasteiger partial charge < -0.3 is 4.52 Å². The summed E-state index contributed by atoms with van der Waals surface area (Å²) >= 11 is 0. The average Bonchev–Trinajstić information content (AvgIpc) is 3.12. The lowest BCUT2D eigenvalue weighted by atomic mass is 10.2. The molecule has 0 spiro atoms. The number of rotatable bonds is 3. The van der Waals surface area contributed by atoms with E-state index in [1.807, 2.05) is 65.3 Å². The van der Waals surface area contributed by atoms with E-state index in [9.17, 15) is 4.57 Å². The molecule has 22 heavy (non-hydrogen) atoms. The number of benzene rings is 2. The molecule has 0 N–H and O–H groups in total. The molecule has 2 aliphatic rings. The largest absolute Gasteiger partial charge is 0.422 e. The molecule has 4 rings (SSSR count). The number of anilines is 1. The summed E-state index contributed by atoms with van der Waals surface area (Å²) in [6, 6.07) is 19.8. The molecular weight excluding hydrogens is 295 g/mol. The lowest BCUT2D eigenvalue weighted by molar-refractivity contribution is 0.374. The van der Waals surface area contributed by atoms with Gasteiger partial charge in [-0.25, -0.2) is 4.57 Å². The highest BCUT2D eigenvalue weighted by atomic mass is 31.2. The monoisotopic (exact) mass is 314 g/mol. The molecule has 4 nitrogen and oxygen atoms in total. The van der Waals surface area contributed by atoms with Crippen molar-refractivity contribution >= 4 is 13.4 Å². The van der Waals surface area contributed by atoms with Crippen molar-refractivity contribution in [3.63, 3.8) is 0 Å². The van der Waals surface area contributed by atoms with Gasteiger partial charge in [-0.3, -0.25) is 4.67 Å². The van der Waals surface area contributed by atoms with Crippen LogP contribution in [-0.2, 0) is 4.57 Å². The van der Waals surface area contributed by atoms with E-state index >= 15 is 0 Å². The highest BCUT2D eigenvalue weighted by Gasteiger charge is 2.53. The highest BCUT2D eigenvalue weighted by molar-refractivity contribution is 7.59. The van der Waals surface area contributed by atoms with Gasteiger partial charge in [0.15, 0.2) is 0 Å². The maximum atomic E-state index is 13.8. The Bertz CT molecular complexity index is 692. The minimum atomic E-state index is -3.06. The average molecular weight is 314 g/mol. The van der Waals surface area contributed by atoms with E-state index < -0.39 is 7.67 Å². The molecule has 0 aromatic heterocycles. The summed E-state index contributed by atoms with van der Waals surface area (Å²) in [5.74, 6) is 0.666. The van der Waals surface area contributed by atoms with Crippen LogP contribution in [0, 0.1) is 0 Å². The fourth-order valence-electron chi connectivity index (χ4n) is 3.35. The first-order chi connectivity index (χ1) is 10.8. The maximum Gasteiger partial charge on any atom is 0.422 e. The van der Waals surface area contributed by atoms with Gasteiger partial charge in [0.2, 0.25) is 0 Å². The van der Waals surface area contributed by atoms with Crippen LogP contribution in [0.25, 0.3) is 0 Å². The first kappa shape index (κ1) is 13.9. The molecule has 2 unspecified atom stereocenters. The van der Waals surface area contributed by atoms with E-state index in [2.05, 4.69) is 4.67 Å². The number of fused-ring (bicyclic) bond motifs is 1. The summed E-state index contributed by atoms with van der Waals surface area (Å²) in [5.41, 5.74) is 0.969.